The van der Waals surface area contributed by atoms with Crippen molar-refractivity contribution in [1.82, 2.24) is 10.6 Å². The summed E-state index contributed by atoms with van der Waals surface area (Å²) in [5.74, 6) is -0.466. The molecule has 0 aromatic rings. The van der Waals surface area contributed by atoms with Gasteiger partial charge in [-0.2, -0.15) is 13.2 Å². The first-order chi connectivity index (χ1) is 7.81. The van der Waals surface area contributed by atoms with Crippen LogP contribution in [-0.4, -0.2) is 31.7 Å². The Hall–Kier alpha value is -1.30. The van der Waals surface area contributed by atoms with Gasteiger partial charge in [-0.25, -0.2) is 0 Å². The monoisotopic (exact) mass is 250 g/mol. The predicted molar refractivity (Wildman–Crippen MR) is 60.5 cm³/mol. The Bertz CT molecular complexity index is 287. The van der Waals surface area contributed by atoms with Crippen LogP contribution in [0.4, 0.5) is 13.2 Å². The minimum Gasteiger partial charge on any atom is -0.349 e. The van der Waals surface area contributed by atoms with Crippen LogP contribution in [0.3, 0.4) is 0 Å². The lowest BCUT2D eigenvalue weighted by Gasteiger charge is -2.19. The number of alkyl halides is 3. The Kier molecular flexibility index (Phi) is 6.57. The molecule has 0 radical (unpaired) electrons. The summed E-state index contributed by atoms with van der Waals surface area (Å²) in [4.78, 5) is 11.4. The highest BCUT2D eigenvalue weighted by Gasteiger charge is 2.29. The summed E-state index contributed by atoms with van der Waals surface area (Å²) < 4.78 is 36.1. The summed E-state index contributed by atoms with van der Waals surface area (Å²) in [5.41, 5.74) is 0.0959. The van der Waals surface area contributed by atoms with Crippen molar-refractivity contribution in [2.24, 2.45) is 0 Å². The summed E-state index contributed by atoms with van der Waals surface area (Å²) in [5, 5.41) is 5.11. The minimum atomic E-state index is -4.23. The molecule has 0 fully saturated rings. The number of hydrogen-bond acceptors (Lipinski definition) is 2. The van der Waals surface area contributed by atoms with Crippen molar-refractivity contribution in [3.05, 3.63) is 24.8 Å². The Morgan fingerprint density at radius 1 is 1.47 bits per heavy atom. The van der Waals surface area contributed by atoms with E-state index in [0.29, 0.717) is 0 Å². The molecule has 0 aliphatic heterocycles. The van der Waals surface area contributed by atoms with Gasteiger partial charge in [-0.1, -0.05) is 12.7 Å². The molecule has 3 nitrogen and oxygen atoms in total. The molecule has 98 valence electrons. The Labute approximate surface area is 98.8 Å². The maximum Gasteiger partial charge on any atom is 0.389 e. The van der Waals surface area contributed by atoms with E-state index in [-0.39, 0.29) is 18.5 Å². The highest BCUT2D eigenvalue weighted by molar-refractivity contribution is 5.94. The zero-order chi connectivity index (χ0) is 13.5. The minimum absolute atomic E-state index is 0.0959. The van der Waals surface area contributed by atoms with Gasteiger partial charge >= 0.3 is 6.18 Å². The van der Waals surface area contributed by atoms with E-state index in [2.05, 4.69) is 23.8 Å². The van der Waals surface area contributed by atoms with Gasteiger partial charge in [0.1, 0.15) is 0 Å². The first kappa shape index (κ1) is 15.7. The van der Waals surface area contributed by atoms with Gasteiger partial charge in [0.15, 0.2) is 0 Å². The molecule has 6 heteroatoms. The number of hydrogen-bond donors (Lipinski definition) is 2. The van der Waals surface area contributed by atoms with E-state index in [9.17, 15) is 18.0 Å². The normalized spacial score (nSPS) is 12.9. The largest absolute Gasteiger partial charge is 0.389 e. The first-order valence-corrected chi connectivity index (χ1v) is 5.13. The molecule has 0 bridgehead atoms. The highest BCUT2D eigenvalue weighted by Crippen LogP contribution is 2.23. The molecule has 0 aliphatic rings. The zero-order valence-electron chi connectivity index (χ0n) is 9.73. The van der Waals surface area contributed by atoms with Crippen molar-refractivity contribution >= 4 is 5.91 Å². The molecule has 17 heavy (non-hydrogen) atoms. The number of nitrogens with one attached hydrogen (secondary N) is 2. The van der Waals surface area contributed by atoms with Gasteiger partial charge in [-0.15, -0.1) is 6.58 Å². The van der Waals surface area contributed by atoms with Gasteiger partial charge in [-0.3, -0.25) is 4.79 Å². The number of rotatable bonds is 7. The lowest BCUT2D eigenvalue weighted by molar-refractivity contribution is -0.136. The smallest absolute Gasteiger partial charge is 0.349 e. The standard InChI is InChI=1S/C11H17F3N2O/c1-4-7-16-10(17)8(2)9(15-3)5-6-11(12,13)14/h4,9,15H,1-2,5-7H2,3H3,(H,16,17). The molecule has 1 atom stereocenters. The summed E-state index contributed by atoms with van der Waals surface area (Å²) in [7, 11) is 1.49. The van der Waals surface area contributed by atoms with E-state index in [0.717, 1.165) is 0 Å². The van der Waals surface area contributed by atoms with E-state index in [4.69, 9.17) is 0 Å². The van der Waals surface area contributed by atoms with Gasteiger partial charge in [0.2, 0.25) is 5.91 Å². The molecule has 0 spiro atoms. The maximum atomic E-state index is 12.0. The molecule has 0 aliphatic carbocycles. The van der Waals surface area contributed by atoms with E-state index >= 15 is 0 Å². The molecule has 1 unspecified atom stereocenters. The van der Waals surface area contributed by atoms with Gasteiger partial charge < -0.3 is 10.6 Å². The molecule has 0 saturated heterocycles. The third-order valence-corrected chi connectivity index (χ3v) is 2.18. The average Bonchev–Trinajstić information content (AvgIpc) is 2.24. The SMILES string of the molecule is C=CCNC(=O)C(=C)C(CCC(F)(F)F)NC. The van der Waals surface area contributed by atoms with E-state index < -0.39 is 24.5 Å². The average molecular weight is 250 g/mol. The van der Waals surface area contributed by atoms with Gasteiger partial charge in [0.25, 0.3) is 0 Å². The summed E-state index contributed by atoms with van der Waals surface area (Å²) in [6.45, 7) is 7.18. The van der Waals surface area contributed by atoms with E-state index in [1.807, 2.05) is 0 Å². The van der Waals surface area contributed by atoms with Crippen LogP contribution in [0, 0.1) is 0 Å². The van der Waals surface area contributed by atoms with Crippen molar-refractivity contribution < 1.29 is 18.0 Å². The number of carbonyl (C=O) groups is 1. The number of likely N-dealkylation sites (N-methyl/N-ethyl adjacent to an activating group) is 1. The molecular weight excluding hydrogens is 233 g/mol. The lowest BCUT2D eigenvalue weighted by atomic mass is 10.0. The first-order valence-electron chi connectivity index (χ1n) is 5.13. The topological polar surface area (TPSA) is 41.1 Å². The Morgan fingerprint density at radius 3 is 2.47 bits per heavy atom. The predicted octanol–water partition coefficient (Wildman–Crippen LogP) is 1.78. The van der Waals surface area contributed by atoms with Crippen molar-refractivity contribution in [1.29, 1.82) is 0 Å². The van der Waals surface area contributed by atoms with Gasteiger partial charge in [0, 0.05) is 24.6 Å². The lowest BCUT2D eigenvalue weighted by Crippen LogP contribution is -2.37. The van der Waals surface area contributed by atoms with Crippen LogP contribution in [0.2, 0.25) is 0 Å². The molecular formula is C11H17F3N2O. The third-order valence-electron chi connectivity index (χ3n) is 2.18. The van der Waals surface area contributed by atoms with Gasteiger partial charge in [0.05, 0.1) is 0 Å². The molecule has 0 aromatic heterocycles. The molecule has 0 heterocycles. The van der Waals surface area contributed by atoms with E-state index in [1.165, 1.54) is 13.1 Å². The third kappa shape index (κ3) is 6.78. The van der Waals surface area contributed by atoms with Crippen molar-refractivity contribution in [2.45, 2.75) is 25.1 Å². The highest BCUT2D eigenvalue weighted by atomic mass is 19.4. The number of amides is 1. The van der Waals surface area contributed by atoms with Crippen LogP contribution in [-0.2, 0) is 4.79 Å². The second-order valence-electron chi connectivity index (χ2n) is 3.52. The second-order valence-corrected chi connectivity index (χ2v) is 3.52. The molecule has 0 rings (SSSR count). The van der Waals surface area contributed by atoms with Crippen LogP contribution >= 0.6 is 0 Å². The zero-order valence-corrected chi connectivity index (χ0v) is 9.73. The molecule has 1 amide bonds. The quantitative estimate of drug-likeness (QED) is 0.534. The molecule has 2 N–H and O–H groups in total. The number of halogens is 3. The summed E-state index contributed by atoms with van der Waals surface area (Å²) in [6, 6.07) is -0.679. The summed E-state index contributed by atoms with van der Waals surface area (Å²) in [6.07, 6.45) is -3.91. The van der Waals surface area contributed by atoms with Crippen molar-refractivity contribution in [2.75, 3.05) is 13.6 Å². The van der Waals surface area contributed by atoms with Gasteiger partial charge in [-0.05, 0) is 13.5 Å². The maximum absolute atomic E-state index is 12.0. The fourth-order valence-corrected chi connectivity index (χ4v) is 1.24. The van der Waals surface area contributed by atoms with Crippen LogP contribution in [0.5, 0.6) is 0 Å². The van der Waals surface area contributed by atoms with Crippen molar-refractivity contribution in [3.63, 3.8) is 0 Å². The van der Waals surface area contributed by atoms with Crippen LogP contribution < -0.4 is 10.6 Å². The fourth-order valence-electron chi connectivity index (χ4n) is 1.24. The summed E-state index contributed by atoms with van der Waals surface area (Å²) >= 11 is 0. The second kappa shape index (κ2) is 7.11. The molecule has 0 aromatic carbocycles. The van der Waals surface area contributed by atoms with Crippen LogP contribution in [0.25, 0.3) is 0 Å². The van der Waals surface area contributed by atoms with Crippen LogP contribution in [0.1, 0.15) is 12.8 Å². The number of carbonyl (C=O) groups excluding carboxylic acids is 1. The molecule has 0 saturated carbocycles. The van der Waals surface area contributed by atoms with Crippen molar-refractivity contribution in [3.8, 4) is 0 Å². The van der Waals surface area contributed by atoms with Crippen LogP contribution in [0.15, 0.2) is 24.8 Å². The van der Waals surface area contributed by atoms with E-state index in [1.54, 1.807) is 0 Å². The fraction of sp³-hybridized carbons (Fsp3) is 0.545. The Morgan fingerprint density at radius 2 is 2.06 bits per heavy atom. The Balaban J connectivity index is 4.30.